The molecule has 2 aromatic heterocycles. The van der Waals surface area contributed by atoms with Crippen molar-refractivity contribution in [3.8, 4) is 11.6 Å². The molecule has 29 heavy (non-hydrogen) atoms. The van der Waals surface area contributed by atoms with Gasteiger partial charge in [0.25, 0.3) is 5.91 Å². The number of nitrogens with one attached hydrogen (secondary N) is 2. The van der Waals surface area contributed by atoms with Gasteiger partial charge in [-0.1, -0.05) is 6.07 Å². The van der Waals surface area contributed by atoms with Crippen LogP contribution in [0.15, 0.2) is 52.1 Å². The van der Waals surface area contributed by atoms with Crippen LogP contribution in [-0.2, 0) is 4.79 Å². The average Bonchev–Trinajstić information content (AvgIpc) is 3.42. The van der Waals surface area contributed by atoms with E-state index in [1.165, 1.54) is 11.8 Å². The van der Waals surface area contributed by atoms with Crippen LogP contribution in [0.5, 0.6) is 0 Å². The van der Waals surface area contributed by atoms with Gasteiger partial charge in [0.15, 0.2) is 11.6 Å². The lowest BCUT2D eigenvalue weighted by molar-refractivity contribution is -0.117. The van der Waals surface area contributed by atoms with Crippen LogP contribution in [0.1, 0.15) is 28.9 Å². The molecule has 0 radical (unpaired) electrons. The molecule has 1 aliphatic rings. The summed E-state index contributed by atoms with van der Waals surface area (Å²) in [5.74, 6) is 0.830. The van der Waals surface area contributed by atoms with Crippen molar-refractivity contribution in [2.75, 3.05) is 16.9 Å². The van der Waals surface area contributed by atoms with Crippen molar-refractivity contribution in [3.05, 3.63) is 53.9 Å². The van der Waals surface area contributed by atoms with Crippen molar-refractivity contribution in [3.63, 3.8) is 0 Å². The maximum absolute atomic E-state index is 12.9. The standard InChI is InChI=1S/C21H20N4O3S/c1-12-17(21(29-2)25-18(22-12)16-7-4-10-28-16)20(27)24-15-6-3-5-14(11-15)23-19(26)13-8-9-13/h3-7,10-11,13H,8-9H2,1-2H3,(H,23,26)(H,24,27). The number of carbonyl (C=O) groups excluding carboxylic acids is 2. The third-order valence-electron chi connectivity index (χ3n) is 4.55. The first-order chi connectivity index (χ1) is 14.0. The van der Waals surface area contributed by atoms with E-state index in [1.807, 2.05) is 6.26 Å². The Morgan fingerprint density at radius 2 is 1.86 bits per heavy atom. The monoisotopic (exact) mass is 408 g/mol. The first-order valence-electron chi connectivity index (χ1n) is 9.24. The summed E-state index contributed by atoms with van der Waals surface area (Å²) in [5, 5.41) is 6.33. The zero-order chi connectivity index (χ0) is 20.4. The van der Waals surface area contributed by atoms with Gasteiger partial charge < -0.3 is 15.1 Å². The summed E-state index contributed by atoms with van der Waals surface area (Å²) in [6.45, 7) is 1.77. The molecule has 0 atom stereocenters. The fourth-order valence-corrected chi connectivity index (χ4v) is 3.55. The first-order valence-corrected chi connectivity index (χ1v) is 10.5. The smallest absolute Gasteiger partial charge is 0.260 e. The molecule has 148 valence electrons. The van der Waals surface area contributed by atoms with Gasteiger partial charge in [-0.05, 0) is 56.4 Å². The lowest BCUT2D eigenvalue weighted by atomic mass is 10.2. The summed E-state index contributed by atoms with van der Waals surface area (Å²) in [4.78, 5) is 33.8. The van der Waals surface area contributed by atoms with E-state index in [0.717, 1.165) is 12.8 Å². The fraction of sp³-hybridized carbons (Fsp3) is 0.238. The van der Waals surface area contributed by atoms with Crippen LogP contribution >= 0.6 is 11.8 Å². The largest absolute Gasteiger partial charge is 0.461 e. The van der Waals surface area contributed by atoms with Crippen molar-refractivity contribution >= 4 is 35.0 Å². The molecule has 0 unspecified atom stereocenters. The number of carbonyl (C=O) groups is 2. The fourth-order valence-electron chi connectivity index (χ4n) is 2.93. The quantitative estimate of drug-likeness (QED) is 0.464. The maximum atomic E-state index is 12.9. The minimum Gasteiger partial charge on any atom is -0.461 e. The Labute approximate surface area is 172 Å². The molecule has 4 rings (SSSR count). The lowest BCUT2D eigenvalue weighted by Gasteiger charge is -2.12. The Hall–Kier alpha value is -3.13. The first kappa shape index (κ1) is 19.2. The highest BCUT2D eigenvalue weighted by Gasteiger charge is 2.29. The summed E-state index contributed by atoms with van der Waals surface area (Å²) < 4.78 is 5.37. The molecule has 1 aliphatic carbocycles. The number of aryl methyl sites for hydroxylation is 1. The number of amides is 2. The maximum Gasteiger partial charge on any atom is 0.260 e. The van der Waals surface area contributed by atoms with E-state index in [4.69, 9.17) is 4.42 Å². The Balaban J connectivity index is 1.56. The summed E-state index contributed by atoms with van der Waals surface area (Å²) in [5.41, 5.74) is 2.22. The van der Waals surface area contributed by atoms with E-state index in [1.54, 1.807) is 49.6 Å². The van der Waals surface area contributed by atoms with Crippen molar-refractivity contribution < 1.29 is 14.0 Å². The zero-order valence-electron chi connectivity index (χ0n) is 16.1. The van der Waals surface area contributed by atoms with Crippen LogP contribution in [-0.4, -0.2) is 28.0 Å². The van der Waals surface area contributed by atoms with Crippen molar-refractivity contribution in [1.29, 1.82) is 0 Å². The summed E-state index contributed by atoms with van der Waals surface area (Å²) in [6, 6.07) is 10.6. The number of benzene rings is 1. The second-order valence-corrected chi connectivity index (χ2v) is 7.59. The lowest BCUT2D eigenvalue weighted by Crippen LogP contribution is -2.17. The topological polar surface area (TPSA) is 97.1 Å². The molecule has 2 N–H and O–H groups in total. The molecule has 1 aromatic carbocycles. The number of furan rings is 1. The highest BCUT2D eigenvalue weighted by Crippen LogP contribution is 2.31. The second-order valence-electron chi connectivity index (χ2n) is 6.79. The Morgan fingerprint density at radius 1 is 1.10 bits per heavy atom. The highest BCUT2D eigenvalue weighted by atomic mass is 32.2. The molecule has 1 saturated carbocycles. The van der Waals surface area contributed by atoms with Gasteiger partial charge in [0.1, 0.15) is 5.03 Å². The molecule has 0 bridgehead atoms. The van der Waals surface area contributed by atoms with Gasteiger partial charge in [-0.2, -0.15) is 0 Å². The number of aromatic nitrogens is 2. The average molecular weight is 408 g/mol. The summed E-state index contributed by atoms with van der Waals surface area (Å²) in [6.07, 6.45) is 5.29. The number of anilines is 2. The molecule has 2 heterocycles. The predicted octanol–water partition coefficient (Wildman–Crippen LogP) is 4.37. The molecule has 3 aromatic rings. The molecular formula is C21H20N4O3S. The van der Waals surface area contributed by atoms with Crippen LogP contribution in [0.3, 0.4) is 0 Å². The van der Waals surface area contributed by atoms with E-state index in [-0.39, 0.29) is 17.7 Å². The second kappa shape index (κ2) is 8.08. The molecule has 0 aliphatic heterocycles. The van der Waals surface area contributed by atoms with Crippen LogP contribution in [0.4, 0.5) is 11.4 Å². The predicted molar refractivity (Wildman–Crippen MR) is 112 cm³/mol. The number of thioether (sulfide) groups is 1. The van der Waals surface area contributed by atoms with Crippen molar-refractivity contribution in [1.82, 2.24) is 9.97 Å². The van der Waals surface area contributed by atoms with Crippen LogP contribution in [0.2, 0.25) is 0 Å². The number of nitrogens with zero attached hydrogens (tertiary/aromatic N) is 2. The van der Waals surface area contributed by atoms with Crippen LogP contribution < -0.4 is 10.6 Å². The molecule has 1 fully saturated rings. The zero-order valence-corrected chi connectivity index (χ0v) is 16.9. The summed E-state index contributed by atoms with van der Waals surface area (Å²) >= 11 is 1.37. The van der Waals surface area contributed by atoms with Gasteiger partial charge in [-0.15, -0.1) is 11.8 Å². The van der Waals surface area contributed by atoms with E-state index in [0.29, 0.717) is 39.2 Å². The van der Waals surface area contributed by atoms with Gasteiger partial charge in [0, 0.05) is 17.3 Å². The van der Waals surface area contributed by atoms with Crippen LogP contribution in [0.25, 0.3) is 11.6 Å². The molecular weight excluding hydrogens is 388 g/mol. The van der Waals surface area contributed by atoms with Gasteiger partial charge in [0.05, 0.1) is 17.5 Å². The van der Waals surface area contributed by atoms with E-state index in [2.05, 4.69) is 20.6 Å². The minimum absolute atomic E-state index is 0.0240. The third kappa shape index (κ3) is 4.32. The van der Waals surface area contributed by atoms with Crippen LogP contribution in [0, 0.1) is 12.8 Å². The summed E-state index contributed by atoms with van der Waals surface area (Å²) in [7, 11) is 0. The SMILES string of the molecule is CSc1nc(-c2ccco2)nc(C)c1C(=O)Nc1cccc(NC(=O)C2CC2)c1. The van der Waals surface area contributed by atoms with E-state index < -0.39 is 0 Å². The molecule has 7 nitrogen and oxygen atoms in total. The Morgan fingerprint density at radius 3 is 2.52 bits per heavy atom. The minimum atomic E-state index is -0.302. The van der Waals surface area contributed by atoms with E-state index >= 15 is 0 Å². The molecule has 8 heteroatoms. The van der Waals surface area contributed by atoms with E-state index in [9.17, 15) is 9.59 Å². The molecule has 0 spiro atoms. The third-order valence-corrected chi connectivity index (χ3v) is 5.24. The number of rotatable bonds is 6. The molecule has 0 saturated heterocycles. The van der Waals surface area contributed by atoms with Gasteiger partial charge in [-0.25, -0.2) is 9.97 Å². The van der Waals surface area contributed by atoms with Crippen molar-refractivity contribution in [2.45, 2.75) is 24.8 Å². The van der Waals surface area contributed by atoms with Gasteiger partial charge >= 0.3 is 0 Å². The number of hydrogen-bond donors (Lipinski definition) is 2. The number of hydrogen-bond acceptors (Lipinski definition) is 6. The Bertz CT molecular complexity index is 1060. The Kier molecular flexibility index (Phi) is 5.35. The van der Waals surface area contributed by atoms with Gasteiger partial charge in [-0.3, -0.25) is 9.59 Å². The van der Waals surface area contributed by atoms with Crippen molar-refractivity contribution in [2.24, 2.45) is 5.92 Å². The highest BCUT2D eigenvalue weighted by molar-refractivity contribution is 7.98. The van der Waals surface area contributed by atoms with Gasteiger partial charge in [0.2, 0.25) is 5.91 Å². The normalized spacial score (nSPS) is 13.2. The molecule has 2 amide bonds.